The average molecular weight is 354 g/mol. The van der Waals surface area contributed by atoms with Crippen LogP contribution in [0.25, 0.3) is 0 Å². The standard InChI is InChI=1S/C15H13BrFNO3/c1-2-20-15(19)9-3-6-13(12(18)7-9)21-14-8-10(16)4-5-11(14)17/h3-8H,2,18H2,1H3. The van der Waals surface area contributed by atoms with Gasteiger partial charge < -0.3 is 15.2 Å². The molecular weight excluding hydrogens is 341 g/mol. The highest BCUT2D eigenvalue weighted by Crippen LogP contribution is 2.31. The topological polar surface area (TPSA) is 61.5 Å². The third kappa shape index (κ3) is 3.72. The molecule has 0 saturated heterocycles. The largest absolute Gasteiger partial charge is 0.462 e. The molecule has 4 nitrogen and oxygen atoms in total. The first kappa shape index (κ1) is 15.3. The molecule has 2 aromatic rings. The van der Waals surface area contributed by atoms with Crippen molar-refractivity contribution in [2.75, 3.05) is 12.3 Å². The highest BCUT2D eigenvalue weighted by Gasteiger charge is 2.12. The number of ether oxygens (including phenoxy) is 2. The van der Waals surface area contributed by atoms with Gasteiger partial charge in [-0.15, -0.1) is 0 Å². The maximum Gasteiger partial charge on any atom is 0.338 e. The SMILES string of the molecule is CCOC(=O)c1ccc(Oc2cc(Br)ccc2F)c(N)c1. The molecule has 0 atom stereocenters. The van der Waals surface area contributed by atoms with E-state index < -0.39 is 11.8 Å². The van der Waals surface area contributed by atoms with Gasteiger partial charge in [-0.3, -0.25) is 0 Å². The second kappa shape index (κ2) is 6.58. The molecule has 0 amide bonds. The van der Waals surface area contributed by atoms with Crippen molar-refractivity contribution in [3.8, 4) is 11.5 Å². The van der Waals surface area contributed by atoms with E-state index >= 15 is 0 Å². The van der Waals surface area contributed by atoms with Crippen LogP contribution in [-0.2, 0) is 4.74 Å². The van der Waals surface area contributed by atoms with Crippen LogP contribution in [0, 0.1) is 5.82 Å². The molecule has 0 aliphatic carbocycles. The second-order valence-corrected chi connectivity index (χ2v) is 5.07. The Kier molecular flexibility index (Phi) is 4.80. The number of esters is 1. The molecule has 0 aliphatic rings. The number of rotatable bonds is 4. The normalized spacial score (nSPS) is 10.2. The van der Waals surface area contributed by atoms with Crippen LogP contribution in [0.5, 0.6) is 11.5 Å². The fraction of sp³-hybridized carbons (Fsp3) is 0.133. The van der Waals surface area contributed by atoms with E-state index in [1.54, 1.807) is 13.0 Å². The van der Waals surface area contributed by atoms with Gasteiger partial charge in [-0.05, 0) is 43.3 Å². The van der Waals surface area contributed by atoms with Crippen LogP contribution >= 0.6 is 15.9 Å². The lowest BCUT2D eigenvalue weighted by Crippen LogP contribution is -2.05. The molecule has 0 saturated carbocycles. The maximum atomic E-state index is 13.6. The van der Waals surface area contributed by atoms with E-state index in [1.807, 2.05) is 0 Å². The number of hydrogen-bond acceptors (Lipinski definition) is 4. The quantitative estimate of drug-likeness (QED) is 0.662. The number of nitrogen functional groups attached to an aromatic ring is 1. The van der Waals surface area contributed by atoms with E-state index in [0.717, 1.165) is 0 Å². The number of benzene rings is 2. The number of halogens is 2. The minimum Gasteiger partial charge on any atom is -0.462 e. The van der Waals surface area contributed by atoms with E-state index in [2.05, 4.69) is 15.9 Å². The van der Waals surface area contributed by atoms with Crippen LogP contribution < -0.4 is 10.5 Å². The van der Waals surface area contributed by atoms with Crippen LogP contribution in [-0.4, -0.2) is 12.6 Å². The molecule has 2 rings (SSSR count). The second-order valence-electron chi connectivity index (χ2n) is 4.15. The van der Waals surface area contributed by atoms with E-state index in [9.17, 15) is 9.18 Å². The fourth-order valence-electron chi connectivity index (χ4n) is 1.66. The zero-order valence-electron chi connectivity index (χ0n) is 11.2. The van der Waals surface area contributed by atoms with Crippen LogP contribution in [0.1, 0.15) is 17.3 Å². The van der Waals surface area contributed by atoms with Crippen molar-refractivity contribution in [3.05, 3.63) is 52.3 Å². The molecule has 2 N–H and O–H groups in total. The van der Waals surface area contributed by atoms with Crippen molar-refractivity contribution in [1.29, 1.82) is 0 Å². The molecule has 21 heavy (non-hydrogen) atoms. The van der Waals surface area contributed by atoms with Gasteiger partial charge in [0.15, 0.2) is 17.3 Å². The van der Waals surface area contributed by atoms with Crippen LogP contribution in [0.3, 0.4) is 0 Å². The van der Waals surface area contributed by atoms with Gasteiger partial charge in [0.25, 0.3) is 0 Å². The molecule has 110 valence electrons. The van der Waals surface area contributed by atoms with Gasteiger partial charge in [0.1, 0.15) is 0 Å². The van der Waals surface area contributed by atoms with E-state index in [-0.39, 0.29) is 23.8 Å². The van der Waals surface area contributed by atoms with E-state index in [1.165, 1.54) is 30.3 Å². The first-order valence-electron chi connectivity index (χ1n) is 6.20. The molecule has 0 fully saturated rings. The molecule has 0 aliphatic heterocycles. The summed E-state index contributed by atoms with van der Waals surface area (Å²) < 4.78 is 24.6. The summed E-state index contributed by atoms with van der Waals surface area (Å²) in [6.45, 7) is 2.00. The van der Waals surface area contributed by atoms with Gasteiger partial charge in [0.2, 0.25) is 0 Å². The van der Waals surface area contributed by atoms with Crippen LogP contribution in [0.4, 0.5) is 10.1 Å². The molecular formula is C15H13BrFNO3. The molecule has 0 aromatic heterocycles. The summed E-state index contributed by atoms with van der Waals surface area (Å²) >= 11 is 3.24. The highest BCUT2D eigenvalue weighted by atomic mass is 79.9. The summed E-state index contributed by atoms with van der Waals surface area (Å²) in [7, 11) is 0. The Morgan fingerprint density at radius 2 is 2.00 bits per heavy atom. The smallest absolute Gasteiger partial charge is 0.338 e. The summed E-state index contributed by atoms with van der Waals surface area (Å²) in [5.74, 6) is -0.670. The van der Waals surface area contributed by atoms with Gasteiger partial charge >= 0.3 is 5.97 Å². The van der Waals surface area contributed by atoms with Crippen molar-refractivity contribution < 1.29 is 18.7 Å². The maximum absolute atomic E-state index is 13.6. The Bertz CT molecular complexity index is 676. The lowest BCUT2D eigenvalue weighted by Gasteiger charge is -2.11. The molecule has 0 bridgehead atoms. The minimum absolute atomic E-state index is 0.0416. The predicted molar refractivity (Wildman–Crippen MR) is 81.0 cm³/mol. The Labute approximate surface area is 129 Å². The molecule has 0 spiro atoms. The Balaban J connectivity index is 2.25. The minimum atomic E-state index is -0.507. The van der Waals surface area contributed by atoms with Crippen LogP contribution in [0.2, 0.25) is 0 Å². The molecule has 0 radical (unpaired) electrons. The summed E-state index contributed by atoms with van der Waals surface area (Å²) in [6.07, 6.45) is 0. The van der Waals surface area contributed by atoms with E-state index in [4.69, 9.17) is 15.2 Å². The number of carbonyl (C=O) groups excluding carboxylic acids is 1. The fourth-order valence-corrected chi connectivity index (χ4v) is 2.00. The number of nitrogens with two attached hydrogens (primary N) is 1. The van der Waals surface area contributed by atoms with Gasteiger partial charge in [-0.1, -0.05) is 15.9 Å². The van der Waals surface area contributed by atoms with Crippen LogP contribution in [0.15, 0.2) is 40.9 Å². The first-order valence-corrected chi connectivity index (χ1v) is 7.00. The highest BCUT2D eigenvalue weighted by molar-refractivity contribution is 9.10. The molecule has 2 aromatic carbocycles. The van der Waals surface area contributed by atoms with Gasteiger partial charge in [0.05, 0.1) is 17.9 Å². The average Bonchev–Trinajstić information content (AvgIpc) is 2.45. The number of carbonyl (C=O) groups is 1. The van der Waals surface area contributed by atoms with Crippen molar-refractivity contribution in [2.24, 2.45) is 0 Å². The summed E-state index contributed by atoms with van der Waals surface area (Å²) in [5, 5.41) is 0. The van der Waals surface area contributed by atoms with Crippen molar-refractivity contribution in [2.45, 2.75) is 6.92 Å². The zero-order chi connectivity index (χ0) is 15.4. The Hall–Kier alpha value is -2.08. The van der Waals surface area contributed by atoms with E-state index in [0.29, 0.717) is 10.0 Å². The summed E-state index contributed by atoms with van der Waals surface area (Å²) in [5.41, 5.74) is 6.36. The molecule has 6 heteroatoms. The first-order chi connectivity index (χ1) is 10.0. The summed E-state index contributed by atoms with van der Waals surface area (Å²) in [6, 6.07) is 8.79. The molecule has 0 unspecified atom stereocenters. The van der Waals surface area contributed by atoms with Crippen molar-refractivity contribution in [3.63, 3.8) is 0 Å². The number of hydrogen-bond donors (Lipinski definition) is 1. The monoisotopic (exact) mass is 353 g/mol. The number of anilines is 1. The molecule has 0 heterocycles. The third-order valence-electron chi connectivity index (χ3n) is 2.63. The zero-order valence-corrected chi connectivity index (χ0v) is 12.8. The van der Waals surface area contributed by atoms with Gasteiger partial charge in [-0.2, -0.15) is 0 Å². The van der Waals surface area contributed by atoms with Gasteiger partial charge in [0, 0.05) is 4.47 Å². The summed E-state index contributed by atoms with van der Waals surface area (Å²) in [4.78, 5) is 11.6. The predicted octanol–water partition coefficient (Wildman–Crippen LogP) is 4.14. The van der Waals surface area contributed by atoms with Crippen molar-refractivity contribution >= 4 is 27.6 Å². The van der Waals surface area contributed by atoms with Crippen molar-refractivity contribution in [1.82, 2.24) is 0 Å². The lowest BCUT2D eigenvalue weighted by molar-refractivity contribution is 0.0526. The third-order valence-corrected chi connectivity index (χ3v) is 3.13. The Morgan fingerprint density at radius 3 is 2.67 bits per heavy atom. The van der Waals surface area contributed by atoms with Gasteiger partial charge in [-0.25, -0.2) is 9.18 Å². The lowest BCUT2D eigenvalue weighted by atomic mass is 10.2. The Morgan fingerprint density at radius 1 is 1.24 bits per heavy atom.